The van der Waals surface area contributed by atoms with Crippen LogP contribution in [0.4, 0.5) is 5.69 Å². The third-order valence-corrected chi connectivity index (χ3v) is 4.54. The van der Waals surface area contributed by atoms with E-state index in [0.717, 1.165) is 13.0 Å². The number of carbonyl (C=O) groups is 2. The molecule has 0 radical (unpaired) electrons. The van der Waals surface area contributed by atoms with Gasteiger partial charge in [-0.2, -0.15) is 0 Å². The first-order chi connectivity index (χ1) is 10.9. The van der Waals surface area contributed by atoms with E-state index >= 15 is 0 Å². The van der Waals surface area contributed by atoms with Gasteiger partial charge in [0.05, 0.1) is 16.0 Å². The van der Waals surface area contributed by atoms with Gasteiger partial charge in [-0.05, 0) is 45.3 Å². The molecule has 0 spiro atoms. The van der Waals surface area contributed by atoms with Crippen LogP contribution in [-0.2, 0) is 9.59 Å². The Morgan fingerprint density at radius 1 is 1.35 bits per heavy atom. The predicted molar refractivity (Wildman–Crippen MR) is 92.9 cm³/mol. The maximum atomic E-state index is 12.3. The average Bonchev–Trinajstić information content (AvgIpc) is 2.84. The second-order valence-corrected chi connectivity index (χ2v) is 6.83. The van der Waals surface area contributed by atoms with E-state index < -0.39 is 0 Å². The van der Waals surface area contributed by atoms with E-state index in [9.17, 15) is 9.59 Å². The van der Waals surface area contributed by atoms with Crippen molar-refractivity contribution >= 4 is 40.7 Å². The molecule has 1 N–H and O–H groups in total. The highest BCUT2D eigenvalue weighted by Crippen LogP contribution is 2.26. The molecule has 1 atom stereocenters. The highest BCUT2D eigenvalue weighted by Gasteiger charge is 2.33. The van der Waals surface area contributed by atoms with Crippen LogP contribution >= 0.6 is 23.2 Å². The van der Waals surface area contributed by atoms with Crippen molar-refractivity contribution in [2.45, 2.75) is 12.8 Å². The monoisotopic (exact) mass is 357 g/mol. The normalized spacial score (nSPS) is 17.9. The van der Waals surface area contributed by atoms with Crippen LogP contribution in [0, 0.1) is 5.92 Å². The summed E-state index contributed by atoms with van der Waals surface area (Å²) >= 11 is 11.8. The van der Waals surface area contributed by atoms with Gasteiger partial charge in [0.15, 0.2) is 0 Å². The SMILES string of the molecule is CN(C)CCCN1CC(C(=O)Nc2ccc(Cl)c(Cl)c2)CC1=O. The second kappa shape index (κ2) is 7.99. The lowest BCUT2D eigenvalue weighted by atomic mass is 10.1. The smallest absolute Gasteiger partial charge is 0.229 e. The van der Waals surface area contributed by atoms with E-state index in [1.165, 1.54) is 0 Å². The van der Waals surface area contributed by atoms with Gasteiger partial charge in [0.2, 0.25) is 11.8 Å². The minimum absolute atomic E-state index is 0.0399. The Morgan fingerprint density at radius 2 is 2.09 bits per heavy atom. The fraction of sp³-hybridized carbons (Fsp3) is 0.500. The number of halogens is 2. The maximum Gasteiger partial charge on any atom is 0.229 e. The summed E-state index contributed by atoms with van der Waals surface area (Å²) in [4.78, 5) is 28.2. The van der Waals surface area contributed by atoms with Gasteiger partial charge in [-0.1, -0.05) is 23.2 Å². The molecule has 1 aliphatic heterocycles. The fourth-order valence-electron chi connectivity index (χ4n) is 2.56. The minimum Gasteiger partial charge on any atom is -0.342 e. The van der Waals surface area contributed by atoms with Crippen molar-refractivity contribution in [3.8, 4) is 0 Å². The number of amides is 2. The summed E-state index contributed by atoms with van der Waals surface area (Å²) in [5.41, 5.74) is 0.586. The Bertz CT molecular complexity index is 593. The van der Waals surface area contributed by atoms with Gasteiger partial charge in [-0.3, -0.25) is 9.59 Å². The quantitative estimate of drug-likeness (QED) is 0.851. The zero-order valence-electron chi connectivity index (χ0n) is 13.3. The molecule has 1 aromatic rings. The van der Waals surface area contributed by atoms with E-state index in [-0.39, 0.29) is 24.2 Å². The van der Waals surface area contributed by atoms with E-state index in [2.05, 4.69) is 10.2 Å². The Balaban J connectivity index is 1.88. The molecule has 126 valence electrons. The maximum absolute atomic E-state index is 12.3. The van der Waals surface area contributed by atoms with Gasteiger partial charge in [0, 0.05) is 25.2 Å². The number of benzene rings is 1. The van der Waals surface area contributed by atoms with Gasteiger partial charge in [-0.25, -0.2) is 0 Å². The van der Waals surface area contributed by atoms with E-state index in [0.29, 0.717) is 28.8 Å². The molecule has 7 heteroatoms. The van der Waals surface area contributed by atoms with Gasteiger partial charge < -0.3 is 15.1 Å². The number of carbonyl (C=O) groups excluding carboxylic acids is 2. The molecule has 2 amide bonds. The Hall–Kier alpha value is -1.30. The van der Waals surface area contributed by atoms with E-state index in [4.69, 9.17) is 23.2 Å². The Morgan fingerprint density at radius 3 is 2.74 bits per heavy atom. The second-order valence-electron chi connectivity index (χ2n) is 6.02. The first-order valence-electron chi connectivity index (χ1n) is 7.55. The van der Waals surface area contributed by atoms with Crippen molar-refractivity contribution in [2.24, 2.45) is 5.92 Å². The highest BCUT2D eigenvalue weighted by molar-refractivity contribution is 6.42. The summed E-state index contributed by atoms with van der Waals surface area (Å²) in [5, 5.41) is 3.62. The number of hydrogen-bond acceptors (Lipinski definition) is 3. The molecule has 0 aromatic heterocycles. The average molecular weight is 358 g/mol. The van der Waals surface area contributed by atoms with Crippen LogP contribution in [0.5, 0.6) is 0 Å². The standard InChI is InChI=1S/C16H21Cl2N3O2/c1-20(2)6-3-7-21-10-11(8-15(21)22)16(23)19-12-4-5-13(17)14(18)9-12/h4-5,9,11H,3,6-8,10H2,1-2H3,(H,19,23). The summed E-state index contributed by atoms with van der Waals surface area (Å²) in [5.74, 6) is -0.443. The third kappa shape index (κ3) is 5.09. The third-order valence-electron chi connectivity index (χ3n) is 3.81. The number of anilines is 1. The summed E-state index contributed by atoms with van der Waals surface area (Å²) in [6.07, 6.45) is 1.16. The molecule has 0 aliphatic carbocycles. The lowest BCUT2D eigenvalue weighted by molar-refractivity contribution is -0.128. The van der Waals surface area contributed by atoms with Crippen molar-refractivity contribution in [2.75, 3.05) is 39.0 Å². The van der Waals surface area contributed by atoms with Crippen LogP contribution in [0.25, 0.3) is 0 Å². The summed E-state index contributed by atoms with van der Waals surface area (Å²) < 4.78 is 0. The van der Waals surface area contributed by atoms with E-state index in [1.54, 1.807) is 23.1 Å². The number of nitrogens with one attached hydrogen (secondary N) is 1. The molecule has 2 rings (SSSR count). The molecule has 1 aliphatic rings. The predicted octanol–water partition coefficient (Wildman–Crippen LogP) is 2.73. The van der Waals surface area contributed by atoms with Gasteiger partial charge in [0.25, 0.3) is 0 Å². The molecule has 0 bridgehead atoms. The number of likely N-dealkylation sites (tertiary alicyclic amines) is 1. The molecule has 23 heavy (non-hydrogen) atoms. The van der Waals surface area contributed by atoms with Crippen molar-refractivity contribution in [1.82, 2.24) is 9.80 Å². The number of rotatable bonds is 6. The summed E-state index contributed by atoms with van der Waals surface area (Å²) in [7, 11) is 4.00. The lowest BCUT2D eigenvalue weighted by Gasteiger charge is -2.18. The Kier molecular flexibility index (Phi) is 6.27. The fourth-order valence-corrected chi connectivity index (χ4v) is 2.86. The van der Waals surface area contributed by atoms with Crippen molar-refractivity contribution in [1.29, 1.82) is 0 Å². The van der Waals surface area contributed by atoms with Crippen LogP contribution < -0.4 is 5.32 Å². The number of nitrogens with zero attached hydrogens (tertiary/aromatic N) is 2. The largest absolute Gasteiger partial charge is 0.342 e. The van der Waals surface area contributed by atoms with Crippen molar-refractivity contribution in [3.63, 3.8) is 0 Å². The molecule has 1 saturated heterocycles. The summed E-state index contributed by atoms with van der Waals surface area (Å²) in [6.45, 7) is 2.08. The first-order valence-corrected chi connectivity index (χ1v) is 8.31. The molecular weight excluding hydrogens is 337 g/mol. The van der Waals surface area contributed by atoms with Crippen LogP contribution in [-0.4, -0.2) is 55.3 Å². The molecule has 1 aromatic carbocycles. The van der Waals surface area contributed by atoms with Crippen LogP contribution in [0.3, 0.4) is 0 Å². The molecule has 0 saturated carbocycles. The minimum atomic E-state index is -0.323. The highest BCUT2D eigenvalue weighted by atomic mass is 35.5. The van der Waals surface area contributed by atoms with Crippen LogP contribution in [0.2, 0.25) is 10.0 Å². The van der Waals surface area contributed by atoms with Gasteiger partial charge >= 0.3 is 0 Å². The molecular formula is C16H21Cl2N3O2. The summed E-state index contributed by atoms with van der Waals surface area (Å²) in [6, 6.07) is 4.93. The zero-order valence-corrected chi connectivity index (χ0v) is 14.8. The number of hydrogen-bond donors (Lipinski definition) is 1. The van der Waals surface area contributed by atoms with Gasteiger partial charge in [-0.15, -0.1) is 0 Å². The molecule has 1 heterocycles. The zero-order chi connectivity index (χ0) is 17.0. The van der Waals surface area contributed by atoms with Crippen molar-refractivity contribution in [3.05, 3.63) is 28.2 Å². The van der Waals surface area contributed by atoms with Crippen LogP contribution in [0.15, 0.2) is 18.2 Å². The van der Waals surface area contributed by atoms with Crippen molar-refractivity contribution < 1.29 is 9.59 Å². The lowest BCUT2D eigenvalue weighted by Crippen LogP contribution is -2.30. The first kappa shape index (κ1) is 18.0. The molecule has 1 unspecified atom stereocenters. The Labute approximate surface area is 146 Å². The topological polar surface area (TPSA) is 52.6 Å². The van der Waals surface area contributed by atoms with Crippen LogP contribution in [0.1, 0.15) is 12.8 Å². The van der Waals surface area contributed by atoms with E-state index in [1.807, 2.05) is 14.1 Å². The van der Waals surface area contributed by atoms with Gasteiger partial charge in [0.1, 0.15) is 0 Å². The molecule has 1 fully saturated rings. The molecule has 5 nitrogen and oxygen atoms in total.